The molecule has 1 aliphatic heterocycles. The van der Waals surface area contributed by atoms with Gasteiger partial charge in [-0.3, -0.25) is 9.59 Å². The predicted octanol–water partition coefficient (Wildman–Crippen LogP) is 5.46. The van der Waals surface area contributed by atoms with Crippen molar-refractivity contribution in [3.8, 4) is 0 Å². The number of nitrogens with zero attached hydrogens (tertiary/aromatic N) is 1. The minimum absolute atomic E-state index is 0.123. The van der Waals surface area contributed by atoms with Gasteiger partial charge in [-0.25, -0.2) is 0 Å². The first-order valence-electron chi connectivity index (χ1n) is 10.4. The maximum atomic E-state index is 13.7. The number of carbonyl (C=O) groups excluding carboxylic acids is 1. The number of rotatable bonds is 3. The van der Waals surface area contributed by atoms with Crippen LogP contribution >= 0.6 is 0 Å². The number of aryl methyl sites for hydroxylation is 3. The van der Waals surface area contributed by atoms with E-state index in [-0.39, 0.29) is 17.1 Å². The lowest BCUT2D eigenvalue weighted by atomic mass is 9.96. The molecule has 154 valence electrons. The van der Waals surface area contributed by atoms with Gasteiger partial charge < -0.3 is 9.32 Å². The number of benzene rings is 3. The second-order valence-electron chi connectivity index (χ2n) is 8.36. The normalized spacial score (nSPS) is 15.5. The van der Waals surface area contributed by atoms with E-state index >= 15 is 0 Å². The molecule has 4 nitrogen and oxygen atoms in total. The topological polar surface area (TPSA) is 50.5 Å². The van der Waals surface area contributed by atoms with Crippen LogP contribution in [-0.2, 0) is 6.54 Å². The first-order chi connectivity index (χ1) is 14.9. The van der Waals surface area contributed by atoms with Gasteiger partial charge in [-0.2, -0.15) is 0 Å². The highest BCUT2D eigenvalue weighted by Gasteiger charge is 2.42. The Morgan fingerprint density at radius 2 is 1.58 bits per heavy atom. The summed E-state index contributed by atoms with van der Waals surface area (Å²) >= 11 is 0. The molecular formula is C27H23NO3. The van der Waals surface area contributed by atoms with Crippen LogP contribution in [0.15, 0.2) is 75.9 Å². The average Bonchev–Trinajstić information content (AvgIpc) is 3.02. The number of hydrogen-bond acceptors (Lipinski definition) is 3. The molecule has 3 aromatic carbocycles. The molecule has 0 saturated carbocycles. The van der Waals surface area contributed by atoms with Gasteiger partial charge in [0.25, 0.3) is 5.91 Å². The van der Waals surface area contributed by atoms with E-state index in [2.05, 4.69) is 0 Å². The molecule has 0 radical (unpaired) electrons. The van der Waals surface area contributed by atoms with Gasteiger partial charge >= 0.3 is 0 Å². The number of fused-ring (bicyclic) bond motifs is 2. The smallest absolute Gasteiger partial charge is 0.291 e. The van der Waals surface area contributed by atoms with Crippen molar-refractivity contribution >= 4 is 16.9 Å². The highest BCUT2D eigenvalue weighted by Crippen LogP contribution is 2.39. The van der Waals surface area contributed by atoms with Crippen LogP contribution in [0.25, 0.3) is 11.0 Å². The monoisotopic (exact) mass is 409 g/mol. The molecule has 4 heteroatoms. The van der Waals surface area contributed by atoms with Gasteiger partial charge in [-0.1, -0.05) is 66.2 Å². The second kappa shape index (κ2) is 7.24. The summed E-state index contributed by atoms with van der Waals surface area (Å²) in [6, 6.07) is 21.1. The van der Waals surface area contributed by atoms with Gasteiger partial charge in [-0.05, 0) is 49.1 Å². The van der Waals surface area contributed by atoms with Crippen molar-refractivity contribution in [2.24, 2.45) is 0 Å². The van der Waals surface area contributed by atoms with Gasteiger partial charge in [0.2, 0.25) is 5.76 Å². The van der Waals surface area contributed by atoms with Crippen molar-refractivity contribution in [3.63, 3.8) is 0 Å². The van der Waals surface area contributed by atoms with Crippen molar-refractivity contribution in [1.29, 1.82) is 0 Å². The molecule has 0 aliphatic carbocycles. The van der Waals surface area contributed by atoms with E-state index in [9.17, 15) is 9.59 Å². The van der Waals surface area contributed by atoms with Crippen LogP contribution in [-0.4, -0.2) is 10.8 Å². The molecule has 1 amide bonds. The number of hydrogen-bond donors (Lipinski definition) is 0. The van der Waals surface area contributed by atoms with Crippen LogP contribution in [0.2, 0.25) is 0 Å². The summed E-state index contributed by atoms with van der Waals surface area (Å²) in [5, 5.41) is 0.551. The average molecular weight is 409 g/mol. The van der Waals surface area contributed by atoms with Crippen LogP contribution in [0.3, 0.4) is 0 Å². The van der Waals surface area contributed by atoms with Gasteiger partial charge in [0.05, 0.1) is 17.0 Å². The van der Waals surface area contributed by atoms with Crippen LogP contribution < -0.4 is 5.43 Å². The van der Waals surface area contributed by atoms with Crippen LogP contribution in [0.4, 0.5) is 0 Å². The van der Waals surface area contributed by atoms with Crippen LogP contribution in [0.1, 0.15) is 50.0 Å². The summed E-state index contributed by atoms with van der Waals surface area (Å²) < 4.78 is 6.11. The zero-order valence-corrected chi connectivity index (χ0v) is 17.8. The molecule has 31 heavy (non-hydrogen) atoms. The summed E-state index contributed by atoms with van der Waals surface area (Å²) in [5.74, 6) is -0.0916. The van der Waals surface area contributed by atoms with Crippen molar-refractivity contribution < 1.29 is 9.21 Å². The maximum absolute atomic E-state index is 13.7. The van der Waals surface area contributed by atoms with E-state index in [4.69, 9.17) is 4.42 Å². The molecule has 1 aromatic heterocycles. The van der Waals surface area contributed by atoms with E-state index in [1.807, 2.05) is 87.5 Å². The van der Waals surface area contributed by atoms with E-state index in [0.717, 1.165) is 27.8 Å². The summed E-state index contributed by atoms with van der Waals surface area (Å²) in [7, 11) is 0. The maximum Gasteiger partial charge on any atom is 0.291 e. The Morgan fingerprint density at radius 1 is 0.871 bits per heavy atom. The molecule has 0 saturated heterocycles. The van der Waals surface area contributed by atoms with E-state index < -0.39 is 6.04 Å². The molecule has 4 aromatic rings. The lowest BCUT2D eigenvalue weighted by Crippen LogP contribution is -2.29. The fourth-order valence-corrected chi connectivity index (χ4v) is 4.55. The molecule has 0 fully saturated rings. The minimum atomic E-state index is -0.480. The van der Waals surface area contributed by atoms with Crippen LogP contribution in [0.5, 0.6) is 0 Å². The fourth-order valence-electron chi connectivity index (χ4n) is 4.55. The predicted molar refractivity (Wildman–Crippen MR) is 121 cm³/mol. The first-order valence-corrected chi connectivity index (χ1v) is 10.4. The Morgan fingerprint density at radius 3 is 2.29 bits per heavy atom. The fraction of sp³-hybridized carbons (Fsp3) is 0.185. The third-order valence-corrected chi connectivity index (χ3v) is 6.00. The second-order valence-corrected chi connectivity index (χ2v) is 8.36. The molecule has 1 unspecified atom stereocenters. The molecule has 0 N–H and O–H groups in total. The number of carbonyl (C=O) groups is 1. The third-order valence-electron chi connectivity index (χ3n) is 6.00. The zero-order valence-electron chi connectivity index (χ0n) is 17.8. The highest BCUT2D eigenvalue weighted by molar-refractivity contribution is 5.99. The van der Waals surface area contributed by atoms with E-state index in [1.54, 1.807) is 4.90 Å². The first kappa shape index (κ1) is 19.3. The molecule has 5 rings (SSSR count). The Balaban J connectivity index is 1.74. The van der Waals surface area contributed by atoms with E-state index in [0.29, 0.717) is 23.1 Å². The summed E-state index contributed by atoms with van der Waals surface area (Å²) in [5.41, 5.74) is 5.71. The summed E-state index contributed by atoms with van der Waals surface area (Å²) in [4.78, 5) is 28.9. The summed E-state index contributed by atoms with van der Waals surface area (Å²) in [6.07, 6.45) is 0. The molecule has 1 aliphatic rings. The standard InChI is InChI=1S/C27H23NO3/c1-16-9-11-19(12-10-16)15-28-24(20-7-5-4-6-8-20)23-25(29)22-18(3)13-17(2)14-21(22)31-26(23)27(28)30/h4-14,24H,15H2,1-3H3. The Hall–Kier alpha value is -3.66. The van der Waals surface area contributed by atoms with E-state index in [1.165, 1.54) is 0 Å². The molecule has 0 bridgehead atoms. The SMILES string of the molecule is Cc1ccc(CN2C(=O)c3oc4cc(C)cc(C)c4c(=O)c3C2c2ccccc2)cc1. The Kier molecular flexibility index (Phi) is 4.51. The molecule has 2 heterocycles. The van der Waals surface area contributed by atoms with Gasteiger partial charge in [0.1, 0.15) is 5.58 Å². The largest absolute Gasteiger partial charge is 0.450 e. The Bertz CT molecular complexity index is 1370. The molecule has 1 atom stereocenters. The quantitative estimate of drug-likeness (QED) is 0.451. The van der Waals surface area contributed by atoms with Crippen molar-refractivity contribution in [2.45, 2.75) is 33.4 Å². The van der Waals surface area contributed by atoms with Crippen molar-refractivity contribution in [2.75, 3.05) is 0 Å². The zero-order chi connectivity index (χ0) is 21.7. The van der Waals surface area contributed by atoms with Gasteiger partial charge in [0, 0.05) is 6.54 Å². The van der Waals surface area contributed by atoms with Crippen molar-refractivity contribution in [3.05, 3.63) is 116 Å². The minimum Gasteiger partial charge on any atom is -0.450 e. The van der Waals surface area contributed by atoms with Crippen molar-refractivity contribution in [1.82, 2.24) is 4.90 Å². The highest BCUT2D eigenvalue weighted by atomic mass is 16.3. The van der Waals surface area contributed by atoms with Gasteiger partial charge in [0.15, 0.2) is 5.43 Å². The third kappa shape index (κ3) is 3.15. The summed E-state index contributed by atoms with van der Waals surface area (Å²) in [6.45, 7) is 6.30. The van der Waals surface area contributed by atoms with Crippen LogP contribution in [0, 0.1) is 20.8 Å². The number of amides is 1. The lowest BCUT2D eigenvalue weighted by Gasteiger charge is -2.25. The molecular weight excluding hydrogens is 386 g/mol. The van der Waals surface area contributed by atoms with Gasteiger partial charge in [-0.15, -0.1) is 0 Å². The Labute approximate surface area is 180 Å². The molecule has 0 spiro atoms. The lowest BCUT2D eigenvalue weighted by molar-refractivity contribution is 0.0714.